The third-order valence-electron chi connectivity index (χ3n) is 3.12. The number of carbonyl (C=O) groups excluding carboxylic acids is 1. The van der Waals surface area contributed by atoms with Gasteiger partial charge in [0.25, 0.3) is 0 Å². The van der Waals surface area contributed by atoms with Crippen LogP contribution in [0.15, 0.2) is 48.5 Å². The maximum atomic E-state index is 12.3. The van der Waals surface area contributed by atoms with Gasteiger partial charge >= 0.3 is 0 Å². The summed E-state index contributed by atoms with van der Waals surface area (Å²) in [6.45, 7) is 1.72. The molecule has 21 heavy (non-hydrogen) atoms. The van der Waals surface area contributed by atoms with E-state index < -0.39 is 6.10 Å². The first-order valence-corrected chi connectivity index (χ1v) is 6.63. The van der Waals surface area contributed by atoms with Crippen molar-refractivity contribution in [1.82, 2.24) is 0 Å². The summed E-state index contributed by atoms with van der Waals surface area (Å²) >= 11 is 0. The van der Waals surface area contributed by atoms with E-state index in [0.29, 0.717) is 22.8 Å². The zero-order chi connectivity index (χ0) is 15.2. The molecule has 0 fully saturated rings. The number of hydrogen-bond acceptors (Lipinski definition) is 4. The number of ether oxygens (including phenoxy) is 3. The van der Waals surface area contributed by atoms with Gasteiger partial charge in [0.1, 0.15) is 5.75 Å². The van der Waals surface area contributed by atoms with E-state index in [0.717, 1.165) is 0 Å². The molecule has 2 aromatic rings. The number of methoxy groups -OCH3 is 2. The van der Waals surface area contributed by atoms with Gasteiger partial charge in [-0.3, -0.25) is 4.79 Å². The van der Waals surface area contributed by atoms with Crippen molar-refractivity contribution < 1.29 is 19.0 Å². The summed E-state index contributed by atoms with van der Waals surface area (Å²) < 4.78 is 16.0. The first-order valence-electron chi connectivity index (χ1n) is 6.63. The topological polar surface area (TPSA) is 44.8 Å². The summed E-state index contributed by atoms with van der Waals surface area (Å²) in [4.78, 5) is 12.3. The second-order valence-electron chi connectivity index (χ2n) is 4.50. The predicted octanol–water partition coefficient (Wildman–Crippen LogP) is 3.35. The molecule has 2 aromatic carbocycles. The average Bonchev–Trinajstić information content (AvgIpc) is 2.54. The Morgan fingerprint density at radius 1 is 0.905 bits per heavy atom. The highest BCUT2D eigenvalue weighted by molar-refractivity contribution is 5.99. The molecule has 0 radical (unpaired) electrons. The Morgan fingerprint density at radius 3 is 2.10 bits per heavy atom. The normalized spacial score (nSPS) is 11.6. The zero-order valence-electron chi connectivity index (χ0n) is 12.3. The largest absolute Gasteiger partial charge is 0.497 e. The van der Waals surface area contributed by atoms with Gasteiger partial charge in [0.05, 0.1) is 14.2 Å². The molecular weight excluding hydrogens is 268 g/mol. The molecule has 1 unspecified atom stereocenters. The third-order valence-corrected chi connectivity index (χ3v) is 3.12. The van der Waals surface area contributed by atoms with Gasteiger partial charge in [0.15, 0.2) is 17.6 Å². The second kappa shape index (κ2) is 6.79. The highest BCUT2D eigenvalue weighted by Gasteiger charge is 2.18. The van der Waals surface area contributed by atoms with Crippen LogP contribution in [0.3, 0.4) is 0 Å². The van der Waals surface area contributed by atoms with Gasteiger partial charge < -0.3 is 14.2 Å². The van der Waals surface area contributed by atoms with Crippen molar-refractivity contribution in [3.8, 4) is 17.2 Å². The Morgan fingerprint density at radius 2 is 1.52 bits per heavy atom. The lowest BCUT2D eigenvalue weighted by molar-refractivity contribution is 0.0814. The minimum atomic E-state index is -0.602. The molecule has 4 nitrogen and oxygen atoms in total. The molecule has 0 aliphatic carbocycles. The highest BCUT2D eigenvalue weighted by atomic mass is 16.5. The van der Waals surface area contributed by atoms with Crippen LogP contribution in [0.25, 0.3) is 0 Å². The van der Waals surface area contributed by atoms with Crippen molar-refractivity contribution in [3.63, 3.8) is 0 Å². The van der Waals surface area contributed by atoms with Gasteiger partial charge in [-0.15, -0.1) is 0 Å². The standard InChI is InChI=1S/C17H18O4/c1-12(21-16-7-5-4-6-15(16)20-3)17(18)13-8-10-14(19-2)11-9-13/h4-12H,1-3H3. The number of Topliss-reactive ketones (excluding diaryl/α,β-unsaturated/α-hetero) is 1. The van der Waals surface area contributed by atoms with Crippen LogP contribution in [0.5, 0.6) is 17.2 Å². The van der Waals surface area contributed by atoms with Gasteiger partial charge in [0, 0.05) is 5.56 Å². The highest BCUT2D eigenvalue weighted by Crippen LogP contribution is 2.27. The minimum absolute atomic E-state index is 0.0939. The summed E-state index contributed by atoms with van der Waals surface area (Å²) in [5, 5.41) is 0. The Bertz CT molecular complexity index is 604. The molecule has 4 heteroatoms. The number of ketones is 1. The molecular formula is C17H18O4. The minimum Gasteiger partial charge on any atom is -0.497 e. The smallest absolute Gasteiger partial charge is 0.203 e. The van der Waals surface area contributed by atoms with E-state index in [9.17, 15) is 4.79 Å². The summed E-state index contributed by atoms with van der Waals surface area (Å²) in [5.74, 6) is 1.77. The molecule has 0 spiro atoms. The maximum Gasteiger partial charge on any atom is 0.203 e. The molecule has 0 aliphatic heterocycles. The van der Waals surface area contributed by atoms with Crippen molar-refractivity contribution in [2.45, 2.75) is 13.0 Å². The summed E-state index contributed by atoms with van der Waals surface area (Å²) in [6.07, 6.45) is -0.602. The van der Waals surface area contributed by atoms with Crippen LogP contribution in [-0.4, -0.2) is 26.1 Å². The summed E-state index contributed by atoms with van der Waals surface area (Å²) in [7, 11) is 3.16. The maximum absolute atomic E-state index is 12.3. The van der Waals surface area contributed by atoms with E-state index in [4.69, 9.17) is 14.2 Å². The number of carbonyl (C=O) groups is 1. The van der Waals surface area contributed by atoms with Crippen LogP contribution in [0.2, 0.25) is 0 Å². The van der Waals surface area contributed by atoms with Crippen molar-refractivity contribution in [3.05, 3.63) is 54.1 Å². The van der Waals surface area contributed by atoms with E-state index in [2.05, 4.69) is 0 Å². The van der Waals surface area contributed by atoms with Crippen LogP contribution in [-0.2, 0) is 0 Å². The Kier molecular flexibility index (Phi) is 4.82. The molecule has 2 rings (SSSR count). The second-order valence-corrected chi connectivity index (χ2v) is 4.50. The van der Waals surface area contributed by atoms with Crippen molar-refractivity contribution >= 4 is 5.78 Å². The lowest BCUT2D eigenvalue weighted by Gasteiger charge is -2.16. The van der Waals surface area contributed by atoms with Crippen molar-refractivity contribution in [2.75, 3.05) is 14.2 Å². The van der Waals surface area contributed by atoms with Crippen molar-refractivity contribution in [2.24, 2.45) is 0 Å². The molecule has 0 aliphatic rings. The summed E-state index contributed by atoms with van der Waals surface area (Å²) in [6, 6.07) is 14.2. The first-order chi connectivity index (χ1) is 10.2. The Labute approximate surface area is 124 Å². The monoisotopic (exact) mass is 286 g/mol. The molecule has 0 bridgehead atoms. The van der Waals surface area contributed by atoms with E-state index in [1.165, 1.54) is 0 Å². The van der Waals surface area contributed by atoms with Crippen LogP contribution < -0.4 is 14.2 Å². The predicted molar refractivity (Wildman–Crippen MR) is 80.4 cm³/mol. The third kappa shape index (κ3) is 3.54. The molecule has 0 heterocycles. The molecule has 0 saturated carbocycles. The van der Waals surface area contributed by atoms with Gasteiger partial charge in [-0.2, -0.15) is 0 Å². The molecule has 110 valence electrons. The van der Waals surface area contributed by atoms with Crippen molar-refractivity contribution in [1.29, 1.82) is 0 Å². The molecule has 0 saturated heterocycles. The Balaban J connectivity index is 2.11. The van der Waals surface area contributed by atoms with E-state index in [-0.39, 0.29) is 5.78 Å². The average molecular weight is 286 g/mol. The lowest BCUT2D eigenvalue weighted by atomic mass is 10.1. The van der Waals surface area contributed by atoms with E-state index in [1.54, 1.807) is 57.5 Å². The van der Waals surface area contributed by atoms with E-state index >= 15 is 0 Å². The van der Waals surface area contributed by atoms with Crippen LogP contribution in [0, 0.1) is 0 Å². The summed E-state index contributed by atoms with van der Waals surface area (Å²) in [5.41, 5.74) is 0.582. The first kappa shape index (κ1) is 14.9. The van der Waals surface area contributed by atoms with Crippen LogP contribution in [0.1, 0.15) is 17.3 Å². The number of rotatable bonds is 6. The number of hydrogen-bond donors (Lipinski definition) is 0. The van der Waals surface area contributed by atoms with Gasteiger partial charge in [-0.05, 0) is 43.3 Å². The quantitative estimate of drug-likeness (QED) is 0.764. The van der Waals surface area contributed by atoms with Gasteiger partial charge in [0.2, 0.25) is 5.78 Å². The number of para-hydroxylation sites is 2. The Hall–Kier alpha value is -2.49. The van der Waals surface area contributed by atoms with Crippen LogP contribution in [0.4, 0.5) is 0 Å². The van der Waals surface area contributed by atoms with Gasteiger partial charge in [-0.25, -0.2) is 0 Å². The van der Waals surface area contributed by atoms with Gasteiger partial charge in [-0.1, -0.05) is 12.1 Å². The molecule has 0 aromatic heterocycles. The van der Waals surface area contributed by atoms with E-state index in [1.807, 2.05) is 12.1 Å². The molecule has 1 atom stereocenters. The van der Waals surface area contributed by atoms with Crippen LogP contribution >= 0.6 is 0 Å². The fraction of sp³-hybridized carbons (Fsp3) is 0.235. The SMILES string of the molecule is COc1ccc(C(=O)C(C)Oc2ccccc2OC)cc1. The zero-order valence-corrected chi connectivity index (χ0v) is 12.3. The fourth-order valence-electron chi connectivity index (χ4n) is 1.95. The number of benzene rings is 2. The fourth-order valence-corrected chi connectivity index (χ4v) is 1.95. The molecule has 0 N–H and O–H groups in total. The lowest BCUT2D eigenvalue weighted by Crippen LogP contribution is -2.24. The molecule has 0 amide bonds.